The summed E-state index contributed by atoms with van der Waals surface area (Å²) in [6.07, 6.45) is -0.604. The van der Waals surface area contributed by atoms with Crippen LogP contribution >= 0.6 is 27.5 Å². The predicted molar refractivity (Wildman–Crippen MR) is 90.3 cm³/mol. The van der Waals surface area contributed by atoms with Crippen molar-refractivity contribution in [3.8, 4) is 5.75 Å². The Morgan fingerprint density at radius 1 is 1.29 bits per heavy atom. The van der Waals surface area contributed by atoms with Crippen LogP contribution < -0.4 is 10.1 Å². The highest BCUT2D eigenvalue weighted by molar-refractivity contribution is 9.10. The second-order valence-corrected chi connectivity index (χ2v) is 6.06. The van der Waals surface area contributed by atoms with Gasteiger partial charge in [-0.15, -0.1) is 0 Å². The first kappa shape index (κ1) is 16.1. The van der Waals surface area contributed by atoms with Gasteiger partial charge in [0.25, 0.3) is 0 Å². The number of nitrogens with one attached hydrogen (secondary N) is 1. The predicted octanol–water partition coefficient (Wildman–Crippen LogP) is 4.26. The molecule has 0 spiro atoms. The van der Waals surface area contributed by atoms with Crippen molar-refractivity contribution in [2.45, 2.75) is 13.0 Å². The number of rotatable bonds is 6. The lowest BCUT2D eigenvalue weighted by molar-refractivity contribution is 0.117. The monoisotopic (exact) mass is 369 g/mol. The first-order valence-electron chi connectivity index (χ1n) is 6.61. The highest BCUT2D eigenvalue weighted by atomic mass is 79.9. The lowest BCUT2D eigenvalue weighted by Gasteiger charge is -2.14. The zero-order valence-electron chi connectivity index (χ0n) is 11.6. The van der Waals surface area contributed by atoms with Crippen molar-refractivity contribution in [3.05, 3.63) is 57.5 Å². The molecule has 0 bridgehead atoms. The van der Waals surface area contributed by atoms with E-state index in [0.717, 1.165) is 15.7 Å². The summed E-state index contributed by atoms with van der Waals surface area (Å²) >= 11 is 9.33. The van der Waals surface area contributed by atoms with Crippen LogP contribution in [0.25, 0.3) is 0 Å². The third-order valence-corrected chi connectivity index (χ3v) is 4.06. The van der Waals surface area contributed by atoms with Crippen LogP contribution in [0.2, 0.25) is 5.02 Å². The maximum atomic E-state index is 9.94. The quantitative estimate of drug-likeness (QED) is 0.798. The smallest absolute Gasteiger partial charge is 0.120 e. The van der Waals surface area contributed by atoms with Crippen LogP contribution in [0.5, 0.6) is 5.75 Å². The maximum absolute atomic E-state index is 9.94. The molecule has 0 saturated heterocycles. The van der Waals surface area contributed by atoms with E-state index in [1.54, 1.807) is 12.1 Å². The Labute approximate surface area is 138 Å². The molecule has 2 rings (SSSR count). The molecule has 2 N–H and O–H groups in total. The highest BCUT2D eigenvalue weighted by Crippen LogP contribution is 2.20. The molecule has 1 unspecified atom stereocenters. The average molecular weight is 371 g/mol. The molecule has 1 atom stereocenters. The van der Waals surface area contributed by atoms with E-state index in [1.807, 2.05) is 37.3 Å². The van der Waals surface area contributed by atoms with Gasteiger partial charge in [0, 0.05) is 21.7 Å². The SMILES string of the molecule is Cc1cc(NCC(O)COc2cccc(Cl)c2)ccc1Br. The Balaban J connectivity index is 1.79. The molecule has 0 saturated carbocycles. The molecule has 0 aliphatic heterocycles. The molecule has 0 aliphatic carbocycles. The summed E-state index contributed by atoms with van der Waals surface area (Å²) in [4.78, 5) is 0. The van der Waals surface area contributed by atoms with Gasteiger partial charge in [0.15, 0.2) is 0 Å². The van der Waals surface area contributed by atoms with Crippen molar-refractivity contribution in [3.63, 3.8) is 0 Å². The lowest BCUT2D eigenvalue weighted by Crippen LogP contribution is -2.26. The van der Waals surface area contributed by atoms with Gasteiger partial charge in [0.1, 0.15) is 18.5 Å². The normalized spacial score (nSPS) is 12.0. The van der Waals surface area contributed by atoms with Crippen molar-refractivity contribution < 1.29 is 9.84 Å². The molecule has 21 heavy (non-hydrogen) atoms. The minimum Gasteiger partial charge on any atom is -0.491 e. The Morgan fingerprint density at radius 3 is 2.81 bits per heavy atom. The van der Waals surface area contributed by atoms with Crippen LogP contribution in [-0.2, 0) is 0 Å². The van der Waals surface area contributed by atoms with Gasteiger partial charge in [-0.2, -0.15) is 0 Å². The molecule has 5 heteroatoms. The molecule has 3 nitrogen and oxygen atoms in total. The third-order valence-electron chi connectivity index (χ3n) is 2.94. The Kier molecular flexibility index (Phi) is 5.91. The molecular formula is C16H17BrClNO2. The van der Waals surface area contributed by atoms with E-state index in [9.17, 15) is 5.11 Å². The van der Waals surface area contributed by atoms with E-state index in [-0.39, 0.29) is 6.61 Å². The van der Waals surface area contributed by atoms with Gasteiger partial charge in [-0.05, 0) is 48.9 Å². The van der Waals surface area contributed by atoms with Gasteiger partial charge in [0.05, 0.1) is 0 Å². The van der Waals surface area contributed by atoms with E-state index < -0.39 is 6.10 Å². The number of aliphatic hydroxyl groups excluding tert-OH is 1. The average Bonchev–Trinajstić information content (AvgIpc) is 2.46. The summed E-state index contributed by atoms with van der Waals surface area (Å²) in [5.41, 5.74) is 2.11. The zero-order valence-corrected chi connectivity index (χ0v) is 14.0. The van der Waals surface area contributed by atoms with Crippen molar-refractivity contribution in [2.75, 3.05) is 18.5 Å². The van der Waals surface area contributed by atoms with Crippen LogP contribution in [0.15, 0.2) is 46.9 Å². The van der Waals surface area contributed by atoms with Crippen LogP contribution in [0, 0.1) is 6.92 Å². The number of hydrogen-bond acceptors (Lipinski definition) is 3. The Hall–Kier alpha value is -1.23. The first-order chi connectivity index (χ1) is 10.0. The van der Waals surface area contributed by atoms with E-state index in [1.165, 1.54) is 0 Å². The van der Waals surface area contributed by atoms with Gasteiger partial charge < -0.3 is 15.2 Å². The molecule has 0 radical (unpaired) electrons. The molecular weight excluding hydrogens is 354 g/mol. The van der Waals surface area contributed by atoms with Crippen LogP contribution in [0.4, 0.5) is 5.69 Å². The topological polar surface area (TPSA) is 41.5 Å². The molecule has 112 valence electrons. The third kappa shape index (κ3) is 5.23. The van der Waals surface area contributed by atoms with Gasteiger partial charge in [-0.3, -0.25) is 0 Å². The largest absolute Gasteiger partial charge is 0.491 e. The molecule has 0 amide bonds. The minimum atomic E-state index is -0.604. The van der Waals surface area contributed by atoms with Crippen LogP contribution in [-0.4, -0.2) is 24.4 Å². The molecule has 0 heterocycles. The van der Waals surface area contributed by atoms with Crippen molar-refractivity contribution in [2.24, 2.45) is 0 Å². The summed E-state index contributed by atoms with van der Waals surface area (Å²) in [6, 6.07) is 13.1. The van der Waals surface area contributed by atoms with Gasteiger partial charge in [0.2, 0.25) is 0 Å². The van der Waals surface area contributed by atoms with E-state index in [2.05, 4.69) is 21.2 Å². The van der Waals surface area contributed by atoms with Crippen LogP contribution in [0.1, 0.15) is 5.56 Å². The number of halogens is 2. The molecule has 0 fully saturated rings. The standard InChI is InChI=1S/C16H17BrClNO2/c1-11-7-13(5-6-16(11)17)19-9-14(20)10-21-15-4-2-3-12(18)8-15/h2-8,14,19-20H,9-10H2,1H3. The molecule has 2 aromatic rings. The summed E-state index contributed by atoms with van der Waals surface area (Å²) in [6.45, 7) is 2.65. The second-order valence-electron chi connectivity index (χ2n) is 4.77. The highest BCUT2D eigenvalue weighted by Gasteiger charge is 2.06. The lowest BCUT2D eigenvalue weighted by atomic mass is 10.2. The van der Waals surface area contributed by atoms with E-state index in [4.69, 9.17) is 16.3 Å². The second kappa shape index (κ2) is 7.69. The fourth-order valence-electron chi connectivity index (χ4n) is 1.80. The van der Waals surface area contributed by atoms with E-state index in [0.29, 0.717) is 17.3 Å². The van der Waals surface area contributed by atoms with Crippen LogP contribution in [0.3, 0.4) is 0 Å². The van der Waals surface area contributed by atoms with Crippen molar-refractivity contribution in [1.29, 1.82) is 0 Å². The van der Waals surface area contributed by atoms with Crippen molar-refractivity contribution >= 4 is 33.2 Å². The van der Waals surface area contributed by atoms with E-state index >= 15 is 0 Å². The summed E-state index contributed by atoms with van der Waals surface area (Å²) < 4.78 is 6.57. The molecule has 0 aromatic heterocycles. The number of aryl methyl sites for hydroxylation is 1. The maximum Gasteiger partial charge on any atom is 0.120 e. The summed E-state index contributed by atoms with van der Waals surface area (Å²) in [5, 5.41) is 13.7. The van der Waals surface area contributed by atoms with Gasteiger partial charge in [-0.25, -0.2) is 0 Å². The number of anilines is 1. The zero-order chi connectivity index (χ0) is 15.2. The first-order valence-corrected chi connectivity index (χ1v) is 7.78. The number of ether oxygens (including phenoxy) is 1. The number of hydrogen-bond donors (Lipinski definition) is 2. The molecule has 2 aromatic carbocycles. The summed E-state index contributed by atoms with van der Waals surface area (Å²) in [7, 11) is 0. The molecule has 0 aliphatic rings. The number of aliphatic hydroxyl groups is 1. The summed E-state index contributed by atoms with van der Waals surface area (Å²) in [5.74, 6) is 0.654. The van der Waals surface area contributed by atoms with Gasteiger partial charge in [-0.1, -0.05) is 33.6 Å². The fourth-order valence-corrected chi connectivity index (χ4v) is 2.23. The Bertz CT molecular complexity index is 607. The van der Waals surface area contributed by atoms with Gasteiger partial charge >= 0.3 is 0 Å². The number of benzene rings is 2. The Morgan fingerprint density at radius 2 is 2.10 bits per heavy atom. The fraction of sp³-hybridized carbons (Fsp3) is 0.250. The van der Waals surface area contributed by atoms with Crippen molar-refractivity contribution in [1.82, 2.24) is 0 Å². The minimum absolute atomic E-state index is 0.211.